The number of hydrogen-bond acceptors (Lipinski definition) is 3. The van der Waals surface area contributed by atoms with Gasteiger partial charge in [0.15, 0.2) is 0 Å². The fourth-order valence-electron chi connectivity index (χ4n) is 0.559. The molecule has 12 heavy (non-hydrogen) atoms. The van der Waals surface area contributed by atoms with E-state index in [-0.39, 0.29) is 0 Å². The molecule has 0 aliphatic rings. The van der Waals surface area contributed by atoms with Gasteiger partial charge in [-0.05, 0) is 0 Å². The minimum atomic E-state index is -2.95. The Morgan fingerprint density at radius 1 is 1.17 bits per heavy atom. The summed E-state index contributed by atoms with van der Waals surface area (Å²) in [6.45, 7) is 4.09. The van der Waals surface area contributed by atoms with Gasteiger partial charge in [0.2, 0.25) is 0 Å². The molecule has 0 aromatic heterocycles. The van der Waals surface area contributed by atoms with Crippen LogP contribution in [0.4, 0.5) is 0 Å². The van der Waals surface area contributed by atoms with E-state index >= 15 is 0 Å². The second-order valence-corrected chi connectivity index (χ2v) is 8.39. The monoisotopic (exact) mass is 236 g/mol. The topological polar surface area (TPSA) is 38.7 Å². The van der Waals surface area contributed by atoms with E-state index in [0.29, 0.717) is 32.6 Å². The molecule has 0 fully saturated rings. The maximum absolute atomic E-state index is 8.98. The van der Waals surface area contributed by atoms with Gasteiger partial charge in [0.25, 0.3) is 0 Å². The van der Waals surface area contributed by atoms with Crippen LogP contribution < -0.4 is 0 Å². The molecule has 0 amide bonds. The molecule has 0 unspecified atom stereocenters. The van der Waals surface area contributed by atoms with Gasteiger partial charge in [-0.25, -0.2) is 0 Å². The second kappa shape index (κ2) is 7.31. The number of rotatable bonds is 7. The molecule has 0 bridgehead atoms. The summed E-state index contributed by atoms with van der Waals surface area (Å²) < 4.78 is 10.1. The SMILES string of the molecule is CCOCCOCC[PH](O)(Cl)Cl. The van der Waals surface area contributed by atoms with Gasteiger partial charge in [-0.1, -0.05) is 0 Å². The van der Waals surface area contributed by atoms with E-state index in [1.54, 1.807) is 0 Å². The van der Waals surface area contributed by atoms with E-state index in [1.807, 2.05) is 6.92 Å². The average Bonchev–Trinajstić information content (AvgIpc) is 1.94. The van der Waals surface area contributed by atoms with Crippen LogP contribution in [-0.2, 0) is 9.47 Å². The van der Waals surface area contributed by atoms with Crippen molar-refractivity contribution >= 4 is 28.7 Å². The Kier molecular flexibility index (Phi) is 7.85. The van der Waals surface area contributed by atoms with E-state index in [4.69, 9.17) is 36.8 Å². The third-order valence-corrected chi connectivity index (χ3v) is 3.06. The van der Waals surface area contributed by atoms with Crippen LogP contribution in [0.15, 0.2) is 0 Å². The van der Waals surface area contributed by atoms with Crippen LogP contribution in [0.1, 0.15) is 6.92 Å². The van der Waals surface area contributed by atoms with Crippen molar-refractivity contribution in [1.29, 1.82) is 0 Å². The van der Waals surface area contributed by atoms with Crippen molar-refractivity contribution in [2.24, 2.45) is 0 Å². The van der Waals surface area contributed by atoms with Crippen LogP contribution in [0.25, 0.3) is 0 Å². The van der Waals surface area contributed by atoms with Crippen molar-refractivity contribution in [1.82, 2.24) is 0 Å². The molecule has 0 aromatic rings. The molecule has 0 saturated carbocycles. The zero-order chi connectivity index (χ0) is 9.45. The second-order valence-electron chi connectivity index (χ2n) is 2.23. The van der Waals surface area contributed by atoms with Crippen LogP contribution >= 0.6 is 28.7 Å². The third kappa shape index (κ3) is 10.9. The van der Waals surface area contributed by atoms with E-state index < -0.39 is 6.19 Å². The first-order valence-corrected chi connectivity index (χ1v) is 7.99. The van der Waals surface area contributed by atoms with Crippen molar-refractivity contribution < 1.29 is 14.4 Å². The van der Waals surface area contributed by atoms with Gasteiger partial charge < -0.3 is 0 Å². The number of ether oxygens (including phenoxy) is 2. The fourth-order valence-corrected chi connectivity index (χ4v) is 1.41. The van der Waals surface area contributed by atoms with Gasteiger partial charge in [-0.2, -0.15) is 0 Å². The van der Waals surface area contributed by atoms with E-state index in [9.17, 15) is 0 Å². The molecule has 0 rings (SSSR count). The number of halogens is 2. The molecular formula is C6H15Cl2O3P. The van der Waals surface area contributed by atoms with Gasteiger partial charge >= 0.3 is 82.6 Å². The summed E-state index contributed by atoms with van der Waals surface area (Å²) >= 11 is 10.8. The first-order valence-electron chi connectivity index (χ1n) is 3.82. The number of hydrogen-bond donors (Lipinski definition) is 1. The Morgan fingerprint density at radius 2 is 1.75 bits per heavy atom. The van der Waals surface area contributed by atoms with Gasteiger partial charge in [-0.15, -0.1) is 0 Å². The van der Waals surface area contributed by atoms with Crippen LogP contribution in [-0.4, -0.2) is 37.5 Å². The predicted molar refractivity (Wildman–Crippen MR) is 54.4 cm³/mol. The average molecular weight is 237 g/mol. The summed E-state index contributed by atoms with van der Waals surface area (Å²) in [4.78, 5) is 8.98. The molecule has 0 aromatic carbocycles. The Balaban J connectivity index is 3.01. The summed E-state index contributed by atoms with van der Waals surface area (Å²) in [6, 6.07) is 0. The predicted octanol–water partition coefficient (Wildman–Crippen LogP) is 2.00. The van der Waals surface area contributed by atoms with Gasteiger partial charge in [0.05, 0.1) is 0 Å². The zero-order valence-electron chi connectivity index (χ0n) is 7.06. The van der Waals surface area contributed by atoms with E-state index in [0.717, 1.165) is 0 Å². The van der Waals surface area contributed by atoms with Crippen molar-refractivity contribution in [3.63, 3.8) is 0 Å². The van der Waals surface area contributed by atoms with Crippen LogP contribution in [0.3, 0.4) is 0 Å². The van der Waals surface area contributed by atoms with Crippen LogP contribution in [0, 0.1) is 0 Å². The first-order chi connectivity index (χ1) is 5.56. The molecule has 0 spiro atoms. The molecule has 6 heteroatoms. The maximum atomic E-state index is 8.98. The zero-order valence-corrected chi connectivity index (χ0v) is 9.57. The molecule has 3 nitrogen and oxygen atoms in total. The molecule has 0 aliphatic carbocycles. The standard InChI is InChI=1S/C6H15Cl2O3P/c1-2-10-3-4-11-5-6-12(7,8)9/h9,12H,2-6H2,1H3. The van der Waals surface area contributed by atoms with Crippen LogP contribution in [0.5, 0.6) is 0 Å². The molecule has 0 atom stereocenters. The fraction of sp³-hybridized carbons (Fsp3) is 1.00. The van der Waals surface area contributed by atoms with Crippen LogP contribution in [0.2, 0.25) is 0 Å². The molecule has 0 aliphatic heterocycles. The summed E-state index contributed by atoms with van der Waals surface area (Å²) in [5.41, 5.74) is 0. The minimum absolute atomic E-state index is 0.336. The quantitative estimate of drug-likeness (QED) is 0.543. The summed E-state index contributed by atoms with van der Waals surface area (Å²) in [5.74, 6) is 0. The van der Waals surface area contributed by atoms with Crippen molar-refractivity contribution in [2.45, 2.75) is 6.92 Å². The van der Waals surface area contributed by atoms with Crippen molar-refractivity contribution in [2.75, 3.05) is 32.6 Å². The first kappa shape index (κ1) is 12.9. The molecule has 0 radical (unpaired) electrons. The Hall–Kier alpha value is 0.890. The molecular weight excluding hydrogens is 222 g/mol. The molecule has 76 valence electrons. The van der Waals surface area contributed by atoms with Crippen molar-refractivity contribution in [3.05, 3.63) is 0 Å². The van der Waals surface area contributed by atoms with Gasteiger partial charge in [-0.3, -0.25) is 0 Å². The molecule has 0 saturated heterocycles. The van der Waals surface area contributed by atoms with E-state index in [1.165, 1.54) is 0 Å². The normalized spacial score (nSPS) is 13.3. The third-order valence-electron chi connectivity index (χ3n) is 1.12. The Morgan fingerprint density at radius 3 is 2.25 bits per heavy atom. The summed E-state index contributed by atoms with van der Waals surface area (Å²) in [5, 5.41) is 0. The Labute approximate surface area is 82.9 Å². The summed E-state index contributed by atoms with van der Waals surface area (Å²) in [6.07, 6.45) is -2.61. The molecule has 0 heterocycles. The van der Waals surface area contributed by atoms with E-state index in [2.05, 4.69) is 0 Å². The van der Waals surface area contributed by atoms with Gasteiger partial charge in [0.1, 0.15) is 0 Å². The van der Waals surface area contributed by atoms with Crippen molar-refractivity contribution in [3.8, 4) is 0 Å². The molecule has 1 N–H and O–H groups in total. The summed E-state index contributed by atoms with van der Waals surface area (Å²) in [7, 11) is 0. The Bertz CT molecular complexity index is 107. The van der Waals surface area contributed by atoms with Gasteiger partial charge in [0, 0.05) is 0 Å².